The second-order valence-electron chi connectivity index (χ2n) is 4.30. The fourth-order valence-corrected chi connectivity index (χ4v) is 3.08. The number of aromatic nitrogens is 1. The molecule has 0 bridgehead atoms. The number of hydrogen-bond acceptors (Lipinski definition) is 3. The molecule has 0 atom stereocenters. The van der Waals surface area contributed by atoms with Gasteiger partial charge in [-0.15, -0.1) is 11.3 Å². The Morgan fingerprint density at radius 2 is 1.76 bits per heavy atom. The summed E-state index contributed by atoms with van der Waals surface area (Å²) >= 11 is 16.9. The third kappa shape index (κ3) is 3.58. The van der Waals surface area contributed by atoms with Crippen molar-refractivity contribution in [2.45, 2.75) is 0 Å². The minimum absolute atomic E-state index is 0.520. The Kier molecular flexibility index (Phi) is 4.50. The van der Waals surface area contributed by atoms with E-state index in [2.05, 4.69) is 26.2 Å². The molecule has 21 heavy (non-hydrogen) atoms. The number of hydrogen-bond donors (Lipinski definition) is 1. The minimum Gasteiger partial charge on any atom is -0.331 e. The van der Waals surface area contributed by atoms with E-state index in [1.54, 1.807) is 23.5 Å². The maximum atomic E-state index is 6.00. The zero-order valence-electron chi connectivity index (χ0n) is 10.6. The van der Waals surface area contributed by atoms with Crippen LogP contribution in [0.1, 0.15) is 0 Å². The highest BCUT2D eigenvalue weighted by molar-refractivity contribution is 9.10. The molecule has 0 aliphatic rings. The summed E-state index contributed by atoms with van der Waals surface area (Å²) in [5, 5.41) is 7.12. The molecule has 3 aromatic rings. The summed E-state index contributed by atoms with van der Waals surface area (Å²) in [5.41, 5.74) is 2.88. The third-order valence-electron chi connectivity index (χ3n) is 2.82. The smallest absolute Gasteiger partial charge is 0.187 e. The van der Waals surface area contributed by atoms with Crippen molar-refractivity contribution in [3.05, 3.63) is 62.4 Å². The van der Waals surface area contributed by atoms with Crippen molar-refractivity contribution in [1.29, 1.82) is 0 Å². The molecule has 0 radical (unpaired) electrons. The molecule has 6 heteroatoms. The predicted octanol–water partition coefficient (Wildman–Crippen LogP) is 6.62. The van der Waals surface area contributed by atoms with Gasteiger partial charge >= 0.3 is 0 Å². The average Bonchev–Trinajstić information content (AvgIpc) is 2.92. The molecule has 1 N–H and O–H groups in total. The highest BCUT2D eigenvalue weighted by atomic mass is 79.9. The first-order valence-electron chi connectivity index (χ1n) is 6.05. The van der Waals surface area contributed by atoms with E-state index in [9.17, 15) is 0 Å². The van der Waals surface area contributed by atoms with Crippen LogP contribution in [0.4, 0.5) is 10.8 Å². The molecule has 0 saturated carbocycles. The molecule has 0 aliphatic carbocycles. The van der Waals surface area contributed by atoms with Crippen molar-refractivity contribution in [3.8, 4) is 11.3 Å². The van der Waals surface area contributed by atoms with Gasteiger partial charge in [-0.3, -0.25) is 0 Å². The number of thiazole rings is 1. The fraction of sp³-hybridized carbons (Fsp3) is 0. The molecule has 1 heterocycles. The van der Waals surface area contributed by atoms with Gasteiger partial charge in [0, 0.05) is 21.1 Å². The van der Waals surface area contributed by atoms with Gasteiger partial charge in [0.1, 0.15) is 0 Å². The number of nitrogens with one attached hydrogen (secondary N) is 1. The second-order valence-corrected chi connectivity index (χ2v) is 6.89. The van der Waals surface area contributed by atoms with E-state index < -0.39 is 0 Å². The van der Waals surface area contributed by atoms with Crippen LogP contribution in [-0.4, -0.2) is 4.98 Å². The standard InChI is InChI=1S/C15H9BrCl2N2S/c16-10-3-1-9(2-4-10)14-8-21-15(20-14)19-11-5-6-12(17)13(18)7-11/h1-8H,(H,19,20). The molecular weight excluding hydrogens is 391 g/mol. The Balaban J connectivity index is 1.81. The number of nitrogens with zero attached hydrogens (tertiary/aromatic N) is 1. The third-order valence-corrected chi connectivity index (χ3v) is 4.84. The first-order valence-corrected chi connectivity index (χ1v) is 8.48. The van der Waals surface area contributed by atoms with Crippen LogP contribution in [0, 0.1) is 0 Å². The topological polar surface area (TPSA) is 24.9 Å². The molecule has 0 aliphatic heterocycles. The minimum atomic E-state index is 0.520. The molecule has 0 amide bonds. The van der Waals surface area contributed by atoms with Crippen LogP contribution in [0.15, 0.2) is 52.3 Å². The van der Waals surface area contributed by atoms with E-state index in [-0.39, 0.29) is 0 Å². The van der Waals surface area contributed by atoms with Crippen molar-refractivity contribution in [1.82, 2.24) is 4.98 Å². The van der Waals surface area contributed by atoms with E-state index in [4.69, 9.17) is 23.2 Å². The van der Waals surface area contributed by atoms with Crippen LogP contribution < -0.4 is 5.32 Å². The van der Waals surface area contributed by atoms with Crippen molar-refractivity contribution in [3.63, 3.8) is 0 Å². The van der Waals surface area contributed by atoms with E-state index in [0.29, 0.717) is 10.0 Å². The van der Waals surface area contributed by atoms with Gasteiger partial charge in [-0.2, -0.15) is 0 Å². The molecule has 106 valence electrons. The van der Waals surface area contributed by atoms with Gasteiger partial charge in [0.05, 0.1) is 15.7 Å². The summed E-state index contributed by atoms with van der Waals surface area (Å²) in [7, 11) is 0. The van der Waals surface area contributed by atoms with Gasteiger partial charge in [0.15, 0.2) is 5.13 Å². The maximum absolute atomic E-state index is 6.00. The van der Waals surface area contributed by atoms with E-state index in [0.717, 1.165) is 26.5 Å². The number of anilines is 2. The summed E-state index contributed by atoms with van der Waals surface area (Å²) in [4.78, 5) is 4.57. The van der Waals surface area contributed by atoms with Crippen LogP contribution in [0.2, 0.25) is 10.0 Å². The van der Waals surface area contributed by atoms with Gasteiger partial charge in [-0.25, -0.2) is 4.98 Å². The van der Waals surface area contributed by atoms with Crippen molar-refractivity contribution < 1.29 is 0 Å². The predicted molar refractivity (Wildman–Crippen MR) is 95.0 cm³/mol. The van der Waals surface area contributed by atoms with E-state index >= 15 is 0 Å². The highest BCUT2D eigenvalue weighted by Crippen LogP contribution is 2.30. The van der Waals surface area contributed by atoms with Crippen molar-refractivity contribution in [2.24, 2.45) is 0 Å². The molecule has 1 aromatic heterocycles. The Hall–Kier alpha value is -1.07. The molecule has 0 fully saturated rings. The first-order chi connectivity index (χ1) is 10.1. The van der Waals surface area contributed by atoms with Gasteiger partial charge in [-0.1, -0.05) is 51.3 Å². The van der Waals surface area contributed by atoms with Crippen LogP contribution in [0.25, 0.3) is 11.3 Å². The monoisotopic (exact) mass is 398 g/mol. The lowest BCUT2D eigenvalue weighted by atomic mass is 10.2. The van der Waals surface area contributed by atoms with E-state index in [1.165, 1.54) is 0 Å². The van der Waals surface area contributed by atoms with Crippen molar-refractivity contribution in [2.75, 3.05) is 5.32 Å². The lowest BCUT2D eigenvalue weighted by molar-refractivity contribution is 1.38. The average molecular weight is 400 g/mol. The van der Waals surface area contributed by atoms with Gasteiger partial charge in [0.25, 0.3) is 0 Å². The largest absolute Gasteiger partial charge is 0.331 e. The molecule has 0 unspecified atom stereocenters. The quantitative estimate of drug-likeness (QED) is 0.534. The SMILES string of the molecule is Clc1ccc(Nc2nc(-c3ccc(Br)cc3)cs2)cc1Cl. The molecule has 2 nitrogen and oxygen atoms in total. The molecule has 0 saturated heterocycles. The molecule has 2 aromatic carbocycles. The number of halogens is 3. The summed E-state index contributed by atoms with van der Waals surface area (Å²) < 4.78 is 1.05. The number of rotatable bonds is 3. The Labute approximate surface area is 144 Å². The fourth-order valence-electron chi connectivity index (χ4n) is 1.78. The normalized spacial score (nSPS) is 10.6. The lowest BCUT2D eigenvalue weighted by Crippen LogP contribution is -1.89. The zero-order valence-corrected chi connectivity index (χ0v) is 14.5. The van der Waals surface area contributed by atoms with E-state index in [1.807, 2.05) is 35.7 Å². The van der Waals surface area contributed by atoms with Crippen LogP contribution in [0.3, 0.4) is 0 Å². The van der Waals surface area contributed by atoms with Crippen molar-refractivity contribution >= 4 is 61.3 Å². The van der Waals surface area contributed by atoms with Crippen LogP contribution in [-0.2, 0) is 0 Å². The lowest BCUT2D eigenvalue weighted by Gasteiger charge is -2.03. The summed E-state index contributed by atoms with van der Waals surface area (Å²) in [6, 6.07) is 13.5. The summed E-state index contributed by atoms with van der Waals surface area (Å²) in [6.45, 7) is 0. The Bertz CT molecular complexity index is 772. The summed E-state index contributed by atoms with van der Waals surface area (Å²) in [6.07, 6.45) is 0. The molecular formula is C15H9BrCl2N2S. The zero-order chi connectivity index (χ0) is 14.8. The van der Waals surface area contributed by atoms with Crippen LogP contribution >= 0.6 is 50.5 Å². The Morgan fingerprint density at radius 1 is 1.00 bits per heavy atom. The van der Waals surface area contributed by atoms with Gasteiger partial charge in [-0.05, 0) is 30.3 Å². The van der Waals surface area contributed by atoms with Gasteiger partial charge in [0.2, 0.25) is 0 Å². The summed E-state index contributed by atoms with van der Waals surface area (Å²) in [5.74, 6) is 0. The second kappa shape index (κ2) is 6.36. The van der Waals surface area contributed by atoms with Crippen LogP contribution in [0.5, 0.6) is 0 Å². The molecule has 3 rings (SSSR count). The molecule has 0 spiro atoms. The number of benzene rings is 2. The first kappa shape index (κ1) is 14.9. The maximum Gasteiger partial charge on any atom is 0.187 e. The Morgan fingerprint density at radius 3 is 2.48 bits per heavy atom. The van der Waals surface area contributed by atoms with Gasteiger partial charge < -0.3 is 5.32 Å². The highest BCUT2D eigenvalue weighted by Gasteiger charge is 2.06.